The molecular weight excluding hydrogens is 242 g/mol. The Hall–Kier alpha value is -2.28. The van der Waals surface area contributed by atoms with Gasteiger partial charge in [0.15, 0.2) is 0 Å². The molecule has 0 saturated heterocycles. The van der Waals surface area contributed by atoms with Crippen molar-refractivity contribution in [2.24, 2.45) is 0 Å². The van der Waals surface area contributed by atoms with Crippen LogP contribution in [0.5, 0.6) is 0 Å². The Morgan fingerprint density at radius 2 is 1.60 bits per heavy atom. The summed E-state index contributed by atoms with van der Waals surface area (Å²) in [5, 5.41) is 3.28. The molecular formula is C19H19N. The first-order chi connectivity index (χ1) is 9.63. The maximum absolute atomic E-state index is 3.92. The van der Waals surface area contributed by atoms with Crippen molar-refractivity contribution in [3.8, 4) is 11.1 Å². The molecule has 0 unspecified atom stereocenters. The smallest absolute Gasteiger partial charge is 0.0458 e. The van der Waals surface area contributed by atoms with E-state index in [4.69, 9.17) is 0 Å². The summed E-state index contributed by atoms with van der Waals surface area (Å²) >= 11 is 0. The van der Waals surface area contributed by atoms with Gasteiger partial charge in [0.1, 0.15) is 0 Å². The van der Waals surface area contributed by atoms with Crippen LogP contribution in [0.2, 0.25) is 0 Å². The Balaban J connectivity index is 1.96. The van der Waals surface area contributed by atoms with Gasteiger partial charge in [-0.3, -0.25) is 0 Å². The standard InChI is InChI=1S/C19H19N/c1-13(2)15-6-8-16(9-7-15)17-10-11-19-18(12-17)5-4-14(3)20-19/h4-13,20H,3H2,1-2H3. The van der Waals surface area contributed by atoms with Crippen molar-refractivity contribution in [3.63, 3.8) is 0 Å². The Kier molecular flexibility index (Phi) is 3.19. The maximum atomic E-state index is 3.92. The number of hydrogen-bond acceptors (Lipinski definition) is 1. The molecule has 0 aliphatic carbocycles. The summed E-state index contributed by atoms with van der Waals surface area (Å²) in [6.07, 6.45) is 4.12. The molecule has 2 aromatic carbocycles. The predicted molar refractivity (Wildman–Crippen MR) is 87.8 cm³/mol. The van der Waals surface area contributed by atoms with E-state index in [0.29, 0.717) is 5.92 Å². The average Bonchev–Trinajstić information content (AvgIpc) is 2.47. The number of allylic oxidation sites excluding steroid dienone is 1. The summed E-state index contributed by atoms with van der Waals surface area (Å²) in [6, 6.07) is 15.3. The molecule has 100 valence electrons. The van der Waals surface area contributed by atoms with Crippen LogP contribution in [0.4, 0.5) is 5.69 Å². The van der Waals surface area contributed by atoms with Crippen LogP contribution in [0.15, 0.2) is 60.8 Å². The van der Waals surface area contributed by atoms with E-state index < -0.39 is 0 Å². The number of fused-ring (bicyclic) bond motifs is 1. The third kappa shape index (κ3) is 2.39. The first-order valence-corrected chi connectivity index (χ1v) is 7.02. The topological polar surface area (TPSA) is 12.0 Å². The van der Waals surface area contributed by atoms with Gasteiger partial charge < -0.3 is 5.32 Å². The molecule has 1 N–H and O–H groups in total. The van der Waals surface area contributed by atoms with Crippen molar-refractivity contribution in [2.75, 3.05) is 5.32 Å². The van der Waals surface area contributed by atoms with E-state index in [1.54, 1.807) is 0 Å². The highest BCUT2D eigenvalue weighted by atomic mass is 14.9. The Labute approximate surface area is 120 Å². The van der Waals surface area contributed by atoms with Gasteiger partial charge in [-0.2, -0.15) is 0 Å². The van der Waals surface area contributed by atoms with E-state index in [9.17, 15) is 0 Å². The zero-order valence-corrected chi connectivity index (χ0v) is 12.0. The minimum atomic E-state index is 0.575. The summed E-state index contributed by atoms with van der Waals surface area (Å²) in [7, 11) is 0. The van der Waals surface area contributed by atoms with Gasteiger partial charge in [0.05, 0.1) is 0 Å². The van der Waals surface area contributed by atoms with Crippen molar-refractivity contribution in [1.29, 1.82) is 0 Å². The van der Waals surface area contributed by atoms with Gasteiger partial charge in [-0.05, 0) is 46.4 Å². The molecule has 3 rings (SSSR count). The van der Waals surface area contributed by atoms with Gasteiger partial charge in [0, 0.05) is 11.4 Å². The second kappa shape index (κ2) is 5.01. The van der Waals surface area contributed by atoms with Gasteiger partial charge in [-0.15, -0.1) is 0 Å². The molecule has 0 amide bonds. The Morgan fingerprint density at radius 1 is 0.900 bits per heavy atom. The van der Waals surface area contributed by atoms with E-state index in [1.807, 2.05) is 6.08 Å². The summed E-state index contributed by atoms with van der Waals surface area (Å²) in [6.45, 7) is 8.36. The number of rotatable bonds is 2. The minimum Gasteiger partial charge on any atom is -0.356 e. The lowest BCUT2D eigenvalue weighted by Gasteiger charge is -2.16. The number of anilines is 1. The molecule has 1 heterocycles. The number of benzene rings is 2. The Bertz CT molecular complexity index is 675. The SMILES string of the molecule is C=C1C=Cc2cc(-c3ccc(C(C)C)cc3)ccc2N1. The largest absolute Gasteiger partial charge is 0.356 e. The molecule has 0 bridgehead atoms. The van der Waals surface area contributed by atoms with Crippen molar-refractivity contribution in [3.05, 3.63) is 71.9 Å². The first-order valence-electron chi connectivity index (χ1n) is 7.02. The van der Waals surface area contributed by atoms with Crippen LogP contribution >= 0.6 is 0 Å². The molecule has 1 aliphatic heterocycles. The molecule has 0 fully saturated rings. The van der Waals surface area contributed by atoms with Gasteiger partial charge in [0.2, 0.25) is 0 Å². The lowest BCUT2D eigenvalue weighted by atomic mass is 9.96. The molecule has 1 nitrogen and oxygen atoms in total. The predicted octanol–water partition coefficient (Wildman–Crippen LogP) is 5.43. The monoisotopic (exact) mass is 261 g/mol. The molecule has 2 aromatic rings. The van der Waals surface area contributed by atoms with Crippen LogP contribution in [-0.2, 0) is 0 Å². The van der Waals surface area contributed by atoms with Crippen LogP contribution in [0.25, 0.3) is 17.2 Å². The summed E-state index contributed by atoms with van der Waals surface area (Å²) < 4.78 is 0. The summed E-state index contributed by atoms with van der Waals surface area (Å²) in [4.78, 5) is 0. The third-order valence-electron chi connectivity index (χ3n) is 3.72. The van der Waals surface area contributed by atoms with E-state index in [2.05, 4.69) is 74.3 Å². The van der Waals surface area contributed by atoms with Crippen molar-refractivity contribution < 1.29 is 0 Å². The van der Waals surface area contributed by atoms with Crippen LogP contribution in [0.3, 0.4) is 0 Å². The fourth-order valence-electron chi connectivity index (χ4n) is 2.46. The highest BCUT2D eigenvalue weighted by Gasteiger charge is 2.08. The highest BCUT2D eigenvalue weighted by molar-refractivity contribution is 5.79. The molecule has 0 radical (unpaired) electrons. The molecule has 20 heavy (non-hydrogen) atoms. The Morgan fingerprint density at radius 3 is 2.30 bits per heavy atom. The first kappa shape index (κ1) is 12.7. The number of hydrogen-bond donors (Lipinski definition) is 1. The third-order valence-corrected chi connectivity index (χ3v) is 3.72. The van der Waals surface area contributed by atoms with Crippen molar-refractivity contribution in [1.82, 2.24) is 0 Å². The van der Waals surface area contributed by atoms with Crippen LogP contribution < -0.4 is 5.32 Å². The zero-order chi connectivity index (χ0) is 14.1. The van der Waals surface area contributed by atoms with Crippen LogP contribution in [0, 0.1) is 0 Å². The van der Waals surface area contributed by atoms with Gasteiger partial charge in [-0.25, -0.2) is 0 Å². The molecule has 1 aliphatic rings. The quantitative estimate of drug-likeness (QED) is 0.760. The van der Waals surface area contributed by atoms with Crippen LogP contribution in [-0.4, -0.2) is 0 Å². The van der Waals surface area contributed by atoms with Gasteiger partial charge >= 0.3 is 0 Å². The minimum absolute atomic E-state index is 0.575. The van der Waals surface area contributed by atoms with Gasteiger partial charge in [-0.1, -0.05) is 56.8 Å². The molecule has 0 aromatic heterocycles. The van der Waals surface area contributed by atoms with Gasteiger partial charge in [0.25, 0.3) is 0 Å². The normalized spacial score (nSPS) is 13.2. The fourth-order valence-corrected chi connectivity index (χ4v) is 2.46. The summed E-state index contributed by atoms with van der Waals surface area (Å²) in [5.41, 5.74) is 7.16. The molecule has 0 atom stereocenters. The van der Waals surface area contributed by atoms with E-state index in [-0.39, 0.29) is 0 Å². The fraction of sp³-hybridized carbons (Fsp3) is 0.158. The molecule has 1 heteroatoms. The zero-order valence-electron chi connectivity index (χ0n) is 12.0. The van der Waals surface area contributed by atoms with Crippen molar-refractivity contribution in [2.45, 2.75) is 19.8 Å². The number of nitrogens with one attached hydrogen (secondary N) is 1. The average molecular weight is 261 g/mol. The lowest BCUT2D eigenvalue weighted by Crippen LogP contribution is -2.01. The summed E-state index contributed by atoms with van der Waals surface area (Å²) in [5.74, 6) is 0.575. The second-order valence-electron chi connectivity index (χ2n) is 5.56. The van der Waals surface area contributed by atoms with Crippen LogP contribution in [0.1, 0.15) is 30.9 Å². The van der Waals surface area contributed by atoms with E-state index >= 15 is 0 Å². The maximum Gasteiger partial charge on any atom is 0.0458 e. The highest BCUT2D eigenvalue weighted by Crippen LogP contribution is 2.30. The molecule has 0 spiro atoms. The molecule has 0 saturated carbocycles. The van der Waals surface area contributed by atoms with E-state index in [1.165, 1.54) is 22.3 Å². The lowest BCUT2D eigenvalue weighted by molar-refractivity contribution is 0.867. The second-order valence-corrected chi connectivity index (χ2v) is 5.56. The van der Waals surface area contributed by atoms with E-state index in [0.717, 1.165) is 11.4 Å². The van der Waals surface area contributed by atoms with Crippen molar-refractivity contribution >= 4 is 11.8 Å².